The first-order valence-corrected chi connectivity index (χ1v) is 5.86. The van der Waals surface area contributed by atoms with Gasteiger partial charge in [0.1, 0.15) is 0 Å². The van der Waals surface area contributed by atoms with Gasteiger partial charge in [-0.3, -0.25) is 4.79 Å². The van der Waals surface area contributed by atoms with Crippen LogP contribution in [0.5, 0.6) is 0 Å². The molecule has 0 saturated carbocycles. The summed E-state index contributed by atoms with van der Waals surface area (Å²) in [5.41, 5.74) is 1.20. The standard InChI is InChI=1S/C13H18N2O3/c1-3-12(17)8-14-13(18)15-11-6-4-10(5-7-11)9(2)16/h4-7,12,17H,3,8H2,1-2H3,(H2,14,15,18). The first-order valence-electron chi connectivity index (χ1n) is 5.86. The monoisotopic (exact) mass is 250 g/mol. The van der Waals surface area contributed by atoms with Crippen molar-refractivity contribution in [3.05, 3.63) is 29.8 Å². The summed E-state index contributed by atoms with van der Waals surface area (Å²) >= 11 is 0. The van der Waals surface area contributed by atoms with E-state index in [9.17, 15) is 14.7 Å². The van der Waals surface area contributed by atoms with Gasteiger partial charge in [-0.2, -0.15) is 0 Å². The van der Waals surface area contributed by atoms with Crippen molar-refractivity contribution in [2.24, 2.45) is 0 Å². The van der Waals surface area contributed by atoms with Crippen LogP contribution in [-0.4, -0.2) is 29.6 Å². The molecule has 0 aliphatic rings. The summed E-state index contributed by atoms with van der Waals surface area (Å²) in [5, 5.41) is 14.5. The molecule has 0 saturated heterocycles. The normalized spacial score (nSPS) is 11.7. The van der Waals surface area contributed by atoms with Gasteiger partial charge in [-0.05, 0) is 37.6 Å². The van der Waals surface area contributed by atoms with E-state index in [1.807, 2.05) is 6.92 Å². The quantitative estimate of drug-likeness (QED) is 0.697. The highest BCUT2D eigenvalue weighted by Crippen LogP contribution is 2.09. The van der Waals surface area contributed by atoms with E-state index in [0.717, 1.165) is 0 Å². The number of anilines is 1. The number of urea groups is 1. The predicted molar refractivity (Wildman–Crippen MR) is 69.8 cm³/mol. The zero-order valence-electron chi connectivity index (χ0n) is 10.6. The first kappa shape index (κ1) is 14.2. The maximum absolute atomic E-state index is 11.5. The van der Waals surface area contributed by atoms with Crippen LogP contribution in [0, 0.1) is 0 Å². The number of rotatable bonds is 5. The van der Waals surface area contributed by atoms with Crippen LogP contribution >= 0.6 is 0 Å². The van der Waals surface area contributed by atoms with Gasteiger partial charge >= 0.3 is 6.03 Å². The van der Waals surface area contributed by atoms with Crippen LogP contribution in [0.1, 0.15) is 30.6 Å². The van der Waals surface area contributed by atoms with Gasteiger partial charge in [0.2, 0.25) is 0 Å². The molecular weight excluding hydrogens is 232 g/mol. The molecule has 2 amide bonds. The largest absolute Gasteiger partial charge is 0.391 e. The van der Waals surface area contributed by atoms with Crippen LogP contribution in [0.4, 0.5) is 10.5 Å². The Kier molecular flexibility index (Phi) is 5.32. The fourth-order valence-electron chi connectivity index (χ4n) is 1.32. The number of ketones is 1. The fraction of sp³-hybridized carbons (Fsp3) is 0.385. The van der Waals surface area contributed by atoms with Gasteiger partial charge < -0.3 is 15.7 Å². The Morgan fingerprint density at radius 2 is 1.89 bits per heavy atom. The lowest BCUT2D eigenvalue weighted by molar-refractivity contribution is 0.101. The summed E-state index contributed by atoms with van der Waals surface area (Å²) in [6.45, 7) is 3.54. The van der Waals surface area contributed by atoms with Crippen LogP contribution in [0.15, 0.2) is 24.3 Å². The van der Waals surface area contributed by atoms with Gasteiger partial charge in [-0.1, -0.05) is 6.92 Å². The van der Waals surface area contributed by atoms with E-state index in [-0.39, 0.29) is 18.4 Å². The Morgan fingerprint density at radius 1 is 1.28 bits per heavy atom. The lowest BCUT2D eigenvalue weighted by Gasteiger charge is -2.10. The van der Waals surface area contributed by atoms with Gasteiger partial charge in [0, 0.05) is 17.8 Å². The van der Waals surface area contributed by atoms with E-state index in [0.29, 0.717) is 17.7 Å². The summed E-state index contributed by atoms with van der Waals surface area (Å²) in [6.07, 6.45) is 0.0592. The lowest BCUT2D eigenvalue weighted by Crippen LogP contribution is -2.34. The average Bonchev–Trinajstić information content (AvgIpc) is 2.36. The lowest BCUT2D eigenvalue weighted by atomic mass is 10.1. The zero-order valence-corrected chi connectivity index (χ0v) is 10.6. The third-order valence-electron chi connectivity index (χ3n) is 2.52. The molecule has 18 heavy (non-hydrogen) atoms. The third-order valence-corrected chi connectivity index (χ3v) is 2.52. The summed E-state index contributed by atoms with van der Waals surface area (Å²) in [4.78, 5) is 22.5. The molecule has 5 nitrogen and oxygen atoms in total. The Morgan fingerprint density at radius 3 is 2.39 bits per heavy atom. The summed E-state index contributed by atoms with van der Waals surface area (Å²) in [7, 11) is 0. The number of hydrogen-bond acceptors (Lipinski definition) is 3. The van der Waals surface area contributed by atoms with E-state index in [2.05, 4.69) is 10.6 Å². The number of aliphatic hydroxyl groups is 1. The van der Waals surface area contributed by atoms with Crippen molar-refractivity contribution in [3.8, 4) is 0 Å². The molecule has 0 fully saturated rings. The number of Topliss-reactive ketones (excluding diaryl/α,β-unsaturated/α-hetero) is 1. The van der Waals surface area contributed by atoms with Crippen LogP contribution in [-0.2, 0) is 0 Å². The second-order valence-corrected chi connectivity index (χ2v) is 4.03. The van der Waals surface area contributed by atoms with E-state index in [4.69, 9.17) is 0 Å². The number of carbonyl (C=O) groups excluding carboxylic acids is 2. The van der Waals surface area contributed by atoms with Crippen molar-refractivity contribution in [2.45, 2.75) is 26.4 Å². The third kappa shape index (κ3) is 4.55. The molecule has 0 heterocycles. The highest BCUT2D eigenvalue weighted by molar-refractivity contribution is 5.95. The molecule has 1 rings (SSSR count). The predicted octanol–water partition coefficient (Wildman–Crippen LogP) is 1.78. The summed E-state index contributed by atoms with van der Waals surface area (Å²) in [6, 6.07) is 6.25. The molecule has 1 aromatic carbocycles. The van der Waals surface area contributed by atoms with Crippen molar-refractivity contribution >= 4 is 17.5 Å². The van der Waals surface area contributed by atoms with E-state index < -0.39 is 6.10 Å². The van der Waals surface area contributed by atoms with Gasteiger partial charge in [-0.15, -0.1) is 0 Å². The zero-order chi connectivity index (χ0) is 13.5. The average molecular weight is 250 g/mol. The molecule has 0 aliphatic carbocycles. The molecule has 98 valence electrons. The Labute approximate surface area is 106 Å². The van der Waals surface area contributed by atoms with E-state index in [1.165, 1.54) is 6.92 Å². The fourth-order valence-corrected chi connectivity index (χ4v) is 1.32. The number of nitrogens with one attached hydrogen (secondary N) is 2. The molecule has 1 aromatic rings. The molecule has 1 atom stereocenters. The molecule has 0 bridgehead atoms. The van der Waals surface area contributed by atoms with Crippen LogP contribution in [0.2, 0.25) is 0 Å². The summed E-state index contributed by atoms with van der Waals surface area (Å²) < 4.78 is 0. The topological polar surface area (TPSA) is 78.4 Å². The highest BCUT2D eigenvalue weighted by atomic mass is 16.3. The highest BCUT2D eigenvalue weighted by Gasteiger charge is 2.05. The second-order valence-electron chi connectivity index (χ2n) is 4.03. The minimum absolute atomic E-state index is 0.0166. The van der Waals surface area contributed by atoms with Gasteiger partial charge in [-0.25, -0.2) is 4.79 Å². The first-order chi connectivity index (χ1) is 8.52. The molecule has 3 N–H and O–H groups in total. The Bertz CT molecular complexity index is 415. The molecular formula is C13H18N2O3. The van der Waals surface area contributed by atoms with Crippen molar-refractivity contribution in [2.75, 3.05) is 11.9 Å². The Hall–Kier alpha value is -1.88. The SMILES string of the molecule is CCC(O)CNC(=O)Nc1ccc(C(C)=O)cc1. The number of amides is 2. The van der Waals surface area contributed by atoms with Crippen molar-refractivity contribution in [1.82, 2.24) is 5.32 Å². The number of carbonyl (C=O) groups is 2. The van der Waals surface area contributed by atoms with Crippen LogP contribution in [0.3, 0.4) is 0 Å². The molecule has 0 aromatic heterocycles. The second kappa shape index (κ2) is 6.76. The number of aliphatic hydroxyl groups excluding tert-OH is 1. The van der Waals surface area contributed by atoms with E-state index >= 15 is 0 Å². The molecule has 0 spiro atoms. The van der Waals surface area contributed by atoms with Gasteiger partial charge in [0.05, 0.1) is 6.10 Å². The maximum atomic E-state index is 11.5. The van der Waals surface area contributed by atoms with Crippen molar-refractivity contribution < 1.29 is 14.7 Å². The van der Waals surface area contributed by atoms with Crippen LogP contribution < -0.4 is 10.6 Å². The summed E-state index contributed by atoms with van der Waals surface area (Å²) in [5.74, 6) is -0.0166. The van der Waals surface area contributed by atoms with Gasteiger partial charge in [0.25, 0.3) is 0 Å². The molecule has 5 heteroatoms. The van der Waals surface area contributed by atoms with Crippen LogP contribution in [0.25, 0.3) is 0 Å². The Balaban J connectivity index is 2.47. The van der Waals surface area contributed by atoms with E-state index in [1.54, 1.807) is 24.3 Å². The molecule has 0 aliphatic heterocycles. The number of benzene rings is 1. The minimum atomic E-state index is -0.532. The number of hydrogen-bond donors (Lipinski definition) is 3. The maximum Gasteiger partial charge on any atom is 0.319 e. The van der Waals surface area contributed by atoms with Crippen molar-refractivity contribution in [3.63, 3.8) is 0 Å². The smallest absolute Gasteiger partial charge is 0.319 e. The van der Waals surface area contributed by atoms with Crippen molar-refractivity contribution in [1.29, 1.82) is 0 Å². The molecule has 1 unspecified atom stereocenters. The molecule has 0 radical (unpaired) electrons. The van der Waals surface area contributed by atoms with Gasteiger partial charge in [0.15, 0.2) is 5.78 Å². The minimum Gasteiger partial charge on any atom is -0.391 e.